The molecule has 0 aromatic heterocycles. The lowest BCUT2D eigenvalue weighted by Crippen LogP contribution is -2.44. The van der Waals surface area contributed by atoms with Gasteiger partial charge in [-0.1, -0.05) is 29.8 Å². The van der Waals surface area contributed by atoms with Gasteiger partial charge in [-0.05, 0) is 12.8 Å². The number of carbonyl (C=O) groups is 2. The van der Waals surface area contributed by atoms with Gasteiger partial charge in [0, 0.05) is 0 Å². The number of carbonyl (C=O) groups excluding carboxylic acids is 2. The molecule has 0 aromatic rings. The van der Waals surface area contributed by atoms with Crippen molar-refractivity contribution in [2.75, 3.05) is 6.61 Å². The van der Waals surface area contributed by atoms with Crippen molar-refractivity contribution in [2.24, 2.45) is 5.92 Å². The van der Waals surface area contributed by atoms with Gasteiger partial charge in [-0.15, -0.1) is 0 Å². The molecule has 0 radical (unpaired) electrons. The molecule has 1 aliphatic heterocycles. The number of nitrogens with zero attached hydrogens (tertiary/aromatic N) is 1. The van der Waals surface area contributed by atoms with E-state index in [9.17, 15) is 9.59 Å². The first-order chi connectivity index (χ1) is 6.45. The van der Waals surface area contributed by atoms with Gasteiger partial charge in [-0.25, -0.2) is 9.69 Å². The lowest BCUT2D eigenvalue weighted by atomic mass is 10.0. The second kappa shape index (κ2) is 4.29. The Bertz CT molecular complexity index is 252. The van der Waals surface area contributed by atoms with E-state index in [0.29, 0.717) is 6.61 Å². The van der Waals surface area contributed by atoms with Crippen LogP contribution in [0, 0.1) is 5.92 Å². The normalized spacial score (nSPS) is 23.9. The minimum atomic E-state index is -0.528. The van der Waals surface area contributed by atoms with E-state index in [-0.39, 0.29) is 22.7 Å². The van der Waals surface area contributed by atoms with E-state index < -0.39 is 6.09 Å². The molecule has 1 unspecified atom stereocenters. The second-order valence-corrected chi connectivity index (χ2v) is 5.09. The Morgan fingerprint density at radius 2 is 2.14 bits per heavy atom. The molecule has 0 N–H and O–H groups in total. The van der Waals surface area contributed by atoms with Crippen LogP contribution in [-0.2, 0) is 9.53 Å². The summed E-state index contributed by atoms with van der Waals surface area (Å²) in [6.07, 6.45) is -0.528. The van der Waals surface area contributed by atoms with E-state index in [4.69, 9.17) is 4.74 Å². The molecule has 2 amide bonds. The third kappa shape index (κ3) is 2.08. The largest absolute Gasteiger partial charge is 0.447 e. The van der Waals surface area contributed by atoms with Crippen LogP contribution < -0.4 is 0 Å². The summed E-state index contributed by atoms with van der Waals surface area (Å²) in [5, 5.41) is 0. The summed E-state index contributed by atoms with van der Waals surface area (Å²) >= 11 is 3.15. The van der Waals surface area contributed by atoms with E-state index in [2.05, 4.69) is 15.9 Å². The summed E-state index contributed by atoms with van der Waals surface area (Å²) in [4.78, 5) is 23.8. The number of hydrogen-bond donors (Lipinski definition) is 0. The smallest absolute Gasteiger partial charge is 0.417 e. The first-order valence-electron chi connectivity index (χ1n) is 4.59. The fourth-order valence-corrected chi connectivity index (χ4v) is 1.59. The summed E-state index contributed by atoms with van der Waals surface area (Å²) in [7, 11) is 0. The number of ether oxygens (including phenoxy) is 1. The molecule has 5 heteroatoms. The predicted molar refractivity (Wildman–Crippen MR) is 55.2 cm³/mol. The summed E-state index contributed by atoms with van der Waals surface area (Å²) < 4.78 is 4.86. The van der Waals surface area contributed by atoms with Gasteiger partial charge >= 0.3 is 6.09 Å². The second-order valence-electron chi connectivity index (χ2n) is 3.71. The lowest BCUT2D eigenvalue weighted by molar-refractivity contribution is -0.128. The minimum absolute atomic E-state index is 0.130. The summed E-state index contributed by atoms with van der Waals surface area (Å²) in [5.41, 5.74) is 0. The molecule has 1 fully saturated rings. The van der Waals surface area contributed by atoms with Crippen molar-refractivity contribution in [3.05, 3.63) is 0 Å². The van der Waals surface area contributed by atoms with Gasteiger partial charge in [-0.2, -0.15) is 0 Å². The highest BCUT2D eigenvalue weighted by molar-refractivity contribution is 9.10. The molecule has 0 saturated carbocycles. The van der Waals surface area contributed by atoms with Crippen LogP contribution in [0.15, 0.2) is 0 Å². The van der Waals surface area contributed by atoms with E-state index in [1.807, 2.05) is 13.8 Å². The molecule has 0 spiro atoms. The van der Waals surface area contributed by atoms with Crippen LogP contribution in [0.5, 0.6) is 0 Å². The van der Waals surface area contributed by atoms with Crippen molar-refractivity contribution in [1.29, 1.82) is 0 Å². The maximum Gasteiger partial charge on any atom is 0.417 e. The molecule has 1 aliphatic rings. The van der Waals surface area contributed by atoms with Crippen molar-refractivity contribution in [3.8, 4) is 0 Å². The molecular weight excluding hydrogens is 250 g/mol. The molecule has 1 rings (SSSR count). The first-order valence-corrected chi connectivity index (χ1v) is 5.50. The maximum atomic E-state index is 11.6. The van der Waals surface area contributed by atoms with Gasteiger partial charge in [0.25, 0.3) is 0 Å². The van der Waals surface area contributed by atoms with Crippen LogP contribution in [0.3, 0.4) is 0 Å². The van der Waals surface area contributed by atoms with E-state index >= 15 is 0 Å². The number of amides is 2. The Morgan fingerprint density at radius 3 is 2.57 bits per heavy atom. The molecule has 0 aliphatic carbocycles. The van der Waals surface area contributed by atoms with Gasteiger partial charge in [0.15, 0.2) is 0 Å². The molecule has 2 atom stereocenters. The first kappa shape index (κ1) is 11.5. The van der Waals surface area contributed by atoms with Gasteiger partial charge in [0.1, 0.15) is 6.61 Å². The van der Waals surface area contributed by atoms with Crippen molar-refractivity contribution in [3.63, 3.8) is 0 Å². The zero-order valence-corrected chi connectivity index (χ0v) is 10.1. The van der Waals surface area contributed by atoms with Crippen LogP contribution in [0.4, 0.5) is 4.79 Å². The molecule has 4 nitrogen and oxygen atoms in total. The van der Waals surface area contributed by atoms with Gasteiger partial charge in [-0.3, -0.25) is 4.79 Å². The number of cyclic esters (lactones) is 1. The minimum Gasteiger partial charge on any atom is -0.447 e. The number of alkyl halides is 1. The van der Waals surface area contributed by atoms with Crippen molar-refractivity contribution in [2.45, 2.75) is 31.6 Å². The van der Waals surface area contributed by atoms with Crippen molar-refractivity contribution < 1.29 is 14.3 Å². The SMILES string of the molecule is CC(Br)C(=O)N1C(=O)OC[C@H]1C(C)C. The van der Waals surface area contributed by atoms with E-state index in [0.717, 1.165) is 0 Å². The highest BCUT2D eigenvalue weighted by Gasteiger charge is 2.40. The van der Waals surface area contributed by atoms with Crippen LogP contribution in [-0.4, -0.2) is 34.4 Å². The van der Waals surface area contributed by atoms with Gasteiger partial charge in [0.05, 0.1) is 10.9 Å². The molecule has 1 heterocycles. The Hall–Kier alpha value is -0.580. The fraction of sp³-hybridized carbons (Fsp3) is 0.778. The average Bonchev–Trinajstić information content (AvgIpc) is 2.45. The number of imide groups is 1. The highest BCUT2D eigenvalue weighted by atomic mass is 79.9. The third-order valence-electron chi connectivity index (χ3n) is 2.25. The fourth-order valence-electron chi connectivity index (χ4n) is 1.37. The molecule has 14 heavy (non-hydrogen) atoms. The van der Waals surface area contributed by atoms with E-state index in [1.165, 1.54) is 4.90 Å². The van der Waals surface area contributed by atoms with Crippen LogP contribution in [0.25, 0.3) is 0 Å². The Kier molecular flexibility index (Phi) is 3.53. The topological polar surface area (TPSA) is 46.6 Å². The van der Waals surface area contributed by atoms with Crippen molar-refractivity contribution >= 4 is 27.9 Å². The van der Waals surface area contributed by atoms with Crippen LogP contribution in [0.1, 0.15) is 20.8 Å². The number of halogens is 1. The molecule has 0 aromatic carbocycles. The molecular formula is C9H14BrNO3. The number of rotatable bonds is 2. The monoisotopic (exact) mass is 263 g/mol. The number of hydrogen-bond acceptors (Lipinski definition) is 3. The average molecular weight is 264 g/mol. The quantitative estimate of drug-likeness (QED) is 0.714. The maximum absolute atomic E-state index is 11.6. The Balaban J connectivity index is 2.82. The van der Waals surface area contributed by atoms with Crippen molar-refractivity contribution in [1.82, 2.24) is 4.90 Å². The molecule has 1 saturated heterocycles. The standard InChI is InChI=1S/C9H14BrNO3/c1-5(2)7-4-14-9(13)11(7)8(12)6(3)10/h5-7H,4H2,1-3H3/t6?,7-/m0/s1. The molecule has 80 valence electrons. The zero-order valence-electron chi connectivity index (χ0n) is 8.49. The zero-order chi connectivity index (χ0) is 10.9. The Morgan fingerprint density at radius 1 is 1.57 bits per heavy atom. The van der Waals surface area contributed by atoms with Gasteiger partial charge < -0.3 is 4.74 Å². The van der Waals surface area contributed by atoms with Gasteiger partial charge in [0.2, 0.25) is 5.91 Å². The highest BCUT2D eigenvalue weighted by Crippen LogP contribution is 2.21. The summed E-state index contributed by atoms with van der Waals surface area (Å²) in [5.74, 6) is -0.0112. The predicted octanol–water partition coefficient (Wildman–Crippen LogP) is 1.77. The van der Waals surface area contributed by atoms with Crippen LogP contribution >= 0.6 is 15.9 Å². The lowest BCUT2D eigenvalue weighted by Gasteiger charge is -2.23. The van der Waals surface area contributed by atoms with E-state index in [1.54, 1.807) is 6.92 Å². The third-order valence-corrected chi connectivity index (χ3v) is 2.64. The Labute approximate surface area is 91.7 Å². The molecule has 0 bridgehead atoms. The van der Waals surface area contributed by atoms with Crippen LogP contribution in [0.2, 0.25) is 0 Å². The summed E-state index contributed by atoms with van der Waals surface area (Å²) in [6, 6.07) is -0.130. The summed E-state index contributed by atoms with van der Waals surface area (Å²) in [6.45, 7) is 5.94.